The Morgan fingerprint density at radius 3 is 2.52 bits per heavy atom. The predicted molar refractivity (Wildman–Crippen MR) is 86.0 cm³/mol. The van der Waals surface area contributed by atoms with Crippen molar-refractivity contribution in [3.8, 4) is 5.75 Å². The van der Waals surface area contributed by atoms with Crippen LogP contribution < -0.4 is 4.74 Å². The Kier molecular flexibility index (Phi) is 3.38. The maximum absolute atomic E-state index is 10.9. The van der Waals surface area contributed by atoms with E-state index in [1.807, 2.05) is 49.4 Å². The molecule has 0 unspecified atom stereocenters. The van der Waals surface area contributed by atoms with Crippen molar-refractivity contribution >= 4 is 21.6 Å². The second-order valence-electron chi connectivity index (χ2n) is 5.34. The molecule has 0 fully saturated rings. The van der Waals surface area contributed by atoms with Gasteiger partial charge in [0.25, 0.3) is 0 Å². The highest BCUT2D eigenvalue weighted by Gasteiger charge is 2.52. The van der Waals surface area contributed by atoms with Gasteiger partial charge < -0.3 is 15.3 Å². The third-order valence-corrected chi connectivity index (χ3v) is 5.07. The maximum Gasteiger partial charge on any atom is 0.201 e. The number of hydrogen-bond donors (Lipinski definition) is 2. The van der Waals surface area contributed by atoms with Crippen LogP contribution in [0.15, 0.2) is 46.9 Å². The standard InChI is InChI=1S/C17H16BrNO2/c1-10-8-9-13-14(15(10)18)16(20)17(21-13,11(2)19)12-6-4-3-5-7-12/h3-9,16,19-20H,1-2H3/t16-,17+/m1/s1. The quantitative estimate of drug-likeness (QED) is 0.804. The lowest BCUT2D eigenvalue weighted by Crippen LogP contribution is -2.41. The molecule has 0 spiro atoms. The van der Waals surface area contributed by atoms with Gasteiger partial charge in [0.1, 0.15) is 11.9 Å². The summed E-state index contributed by atoms with van der Waals surface area (Å²) in [5.41, 5.74) is 1.65. The number of fused-ring (bicyclic) bond motifs is 1. The fourth-order valence-electron chi connectivity index (χ4n) is 2.86. The molecule has 108 valence electrons. The summed E-state index contributed by atoms with van der Waals surface area (Å²) in [5.74, 6) is 0.621. The van der Waals surface area contributed by atoms with Crippen LogP contribution in [0.4, 0.5) is 0 Å². The Bertz CT molecular complexity index is 714. The molecule has 0 amide bonds. The van der Waals surface area contributed by atoms with Gasteiger partial charge in [-0.25, -0.2) is 0 Å². The van der Waals surface area contributed by atoms with Crippen molar-refractivity contribution in [2.45, 2.75) is 25.6 Å². The van der Waals surface area contributed by atoms with Crippen LogP contribution in [-0.2, 0) is 5.60 Å². The molecule has 2 atom stereocenters. The number of ether oxygens (including phenoxy) is 1. The number of halogens is 1. The van der Waals surface area contributed by atoms with Crippen molar-refractivity contribution < 1.29 is 9.84 Å². The Balaban J connectivity index is 2.23. The van der Waals surface area contributed by atoms with Crippen molar-refractivity contribution in [1.82, 2.24) is 0 Å². The zero-order valence-corrected chi connectivity index (χ0v) is 13.4. The van der Waals surface area contributed by atoms with Gasteiger partial charge in [0.2, 0.25) is 5.60 Å². The third-order valence-electron chi connectivity index (χ3n) is 4.02. The number of rotatable bonds is 2. The summed E-state index contributed by atoms with van der Waals surface area (Å²) >= 11 is 3.53. The summed E-state index contributed by atoms with van der Waals surface area (Å²) < 4.78 is 6.93. The lowest BCUT2D eigenvalue weighted by molar-refractivity contribution is 0.0200. The molecule has 2 N–H and O–H groups in total. The van der Waals surface area contributed by atoms with E-state index in [1.165, 1.54) is 0 Å². The molecule has 3 nitrogen and oxygen atoms in total. The van der Waals surface area contributed by atoms with Crippen LogP contribution in [-0.4, -0.2) is 10.8 Å². The molecule has 2 aromatic carbocycles. The van der Waals surface area contributed by atoms with Crippen molar-refractivity contribution in [2.75, 3.05) is 0 Å². The van der Waals surface area contributed by atoms with Crippen molar-refractivity contribution in [3.63, 3.8) is 0 Å². The van der Waals surface area contributed by atoms with Gasteiger partial charge in [-0.2, -0.15) is 0 Å². The number of aliphatic hydroxyl groups is 1. The van der Waals surface area contributed by atoms with E-state index < -0.39 is 11.7 Å². The lowest BCUT2D eigenvalue weighted by Gasteiger charge is -2.32. The predicted octanol–water partition coefficient (Wildman–Crippen LogP) is 4.12. The molecule has 0 radical (unpaired) electrons. The smallest absolute Gasteiger partial charge is 0.201 e. The van der Waals surface area contributed by atoms with Gasteiger partial charge in [0.15, 0.2) is 0 Å². The Hall–Kier alpha value is -1.65. The fourth-order valence-corrected chi connectivity index (χ4v) is 3.41. The summed E-state index contributed by atoms with van der Waals surface area (Å²) in [7, 11) is 0. The molecule has 0 aromatic heterocycles. The average molecular weight is 346 g/mol. The molecule has 1 heterocycles. The number of nitrogens with one attached hydrogen (secondary N) is 1. The second-order valence-corrected chi connectivity index (χ2v) is 6.13. The Morgan fingerprint density at radius 2 is 1.90 bits per heavy atom. The molecule has 0 bridgehead atoms. The molecule has 0 aliphatic carbocycles. The van der Waals surface area contributed by atoms with E-state index in [9.17, 15) is 5.11 Å². The van der Waals surface area contributed by atoms with Gasteiger partial charge in [-0.05, 0) is 41.4 Å². The van der Waals surface area contributed by atoms with Crippen LogP contribution in [0.5, 0.6) is 5.75 Å². The highest BCUT2D eigenvalue weighted by Crippen LogP contribution is 2.52. The van der Waals surface area contributed by atoms with Gasteiger partial charge in [-0.1, -0.05) is 36.4 Å². The highest BCUT2D eigenvalue weighted by atomic mass is 79.9. The third kappa shape index (κ3) is 1.93. The summed E-state index contributed by atoms with van der Waals surface area (Å²) in [4.78, 5) is 0. The zero-order chi connectivity index (χ0) is 15.2. The number of hydrogen-bond acceptors (Lipinski definition) is 3. The average Bonchev–Trinajstić information content (AvgIpc) is 2.79. The van der Waals surface area contributed by atoms with Crippen LogP contribution in [0.2, 0.25) is 0 Å². The van der Waals surface area contributed by atoms with E-state index in [2.05, 4.69) is 15.9 Å². The summed E-state index contributed by atoms with van der Waals surface area (Å²) in [6, 6.07) is 13.2. The topological polar surface area (TPSA) is 53.3 Å². The SMILES string of the molecule is CC(=N)[C@@]1(c2ccccc2)Oc2ccc(C)c(Br)c2[C@H]1O. The molecule has 0 saturated heterocycles. The molecule has 1 aliphatic heterocycles. The minimum atomic E-state index is -1.15. The van der Waals surface area contributed by atoms with E-state index in [4.69, 9.17) is 10.1 Å². The minimum absolute atomic E-state index is 0.280. The van der Waals surface area contributed by atoms with Gasteiger partial charge in [0.05, 0.1) is 5.71 Å². The largest absolute Gasteiger partial charge is 0.473 e. The van der Waals surface area contributed by atoms with Crippen LogP contribution in [0.1, 0.15) is 29.7 Å². The van der Waals surface area contributed by atoms with Crippen LogP contribution >= 0.6 is 15.9 Å². The summed E-state index contributed by atoms with van der Waals surface area (Å²) in [6.45, 7) is 3.64. The first-order valence-electron chi connectivity index (χ1n) is 6.75. The minimum Gasteiger partial charge on any atom is -0.473 e. The number of benzene rings is 2. The first kappa shape index (κ1) is 14.3. The molecule has 3 rings (SSSR count). The zero-order valence-electron chi connectivity index (χ0n) is 11.9. The monoisotopic (exact) mass is 345 g/mol. The Morgan fingerprint density at radius 1 is 1.24 bits per heavy atom. The normalized spacial score (nSPS) is 23.5. The van der Waals surface area contributed by atoms with E-state index >= 15 is 0 Å². The van der Waals surface area contributed by atoms with Gasteiger partial charge in [0, 0.05) is 15.6 Å². The summed E-state index contributed by atoms with van der Waals surface area (Å²) in [5, 5.41) is 19.1. The first-order valence-corrected chi connectivity index (χ1v) is 7.55. The molecular formula is C17H16BrNO2. The maximum atomic E-state index is 10.9. The van der Waals surface area contributed by atoms with Crippen molar-refractivity contribution in [1.29, 1.82) is 5.41 Å². The Labute approximate surface area is 132 Å². The van der Waals surface area contributed by atoms with E-state index in [0.29, 0.717) is 11.3 Å². The molecule has 21 heavy (non-hydrogen) atoms. The van der Waals surface area contributed by atoms with Crippen LogP contribution in [0, 0.1) is 12.3 Å². The van der Waals surface area contributed by atoms with Gasteiger partial charge in [-0.3, -0.25) is 0 Å². The van der Waals surface area contributed by atoms with E-state index in [1.54, 1.807) is 6.92 Å². The molecule has 2 aromatic rings. The van der Waals surface area contributed by atoms with Crippen molar-refractivity contribution in [2.24, 2.45) is 0 Å². The van der Waals surface area contributed by atoms with Crippen molar-refractivity contribution in [3.05, 3.63) is 63.6 Å². The summed E-state index contributed by atoms with van der Waals surface area (Å²) in [6.07, 6.45) is -0.915. The lowest BCUT2D eigenvalue weighted by atomic mass is 9.83. The fraction of sp³-hybridized carbons (Fsp3) is 0.235. The number of aliphatic hydroxyl groups excluding tert-OH is 1. The molecule has 1 aliphatic rings. The van der Waals surface area contributed by atoms with Gasteiger partial charge >= 0.3 is 0 Å². The highest BCUT2D eigenvalue weighted by molar-refractivity contribution is 9.10. The molecular weight excluding hydrogens is 330 g/mol. The number of aryl methyl sites for hydroxylation is 1. The van der Waals surface area contributed by atoms with Gasteiger partial charge in [-0.15, -0.1) is 0 Å². The molecule has 0 saturated carbocycles. The van der Waals surface area contributed by atoms with Crippen LogP contribution in [0.25, 0.3) is 0 Å². The second kappa shape index (κ2) is 4.97. The molecule has 4 heteroatoms. The van der Waals surface area contributed by atoms with E-state index in [0.717, 1.165) is 15.6 Å². The van der Waals surface area contributed by atoms with Crippen LogP contribution in [0.3, 0.4) is 0 Å². The first-order chi connectivity index (χ1) is 9.98. The van der Waals surface area contributed by atoms with E-state index in [-0.39, 0.29) is 5.71 Å².